The van der Waals surface area contributed by atoms with Crippen molar-refractivity contribution in [2.75, 3.05) is 32.2 Å². The minimum Gasteiger partial charge on any atom is -0.487 e. The fraction of sp³-hybridized carbons (Fsp3) is 0.556. The number of hydrogen-bond acceptors (Lipinski definition) is 12. The monoisotopic (exact) mass is 682 g/mol. The zero-order chi connectivity index (χ0) is 34.5. The van der Waals surface area contributed by atoms with E-state index in [2.05, 4.69) is 41.0 Å². The first-order valence-electron chi connectivity index (χ1n) is 17.7. The van der Waals surface area contributed by atoms with Gasteiger partial charge in [0.2, 0.25) is 5.95 Å². The summed E-state index contributed by atoms with van der Waals surface area (Å²) >= 11 is 0. The summed E-state index contributed by atoms with van der Waals surface area (Å²) in [6.07, 6.45) is 16.2. The standard InChI is InChI=1S/C36H46N10O4/c1-24(47-3)12-13-49-35-33(19-45(43-35)29-6-8-30(9-7-29)46-31-10-11-32(46)21-48-20-31)42-36-39-16-28(17-40-36)26-4-5-27(15-37)34(14-26)50-25(2)18-44-23-38-22-41-44/h4-5,14,16-17,19,22-25,29-32H,6-13,18,20-21H2,1-3H3,(H,39,40,42)/t24?,25-,29-,30-,31-,32+/m0/s1. The Labute approximate surface area is 292 Å². The zero-order valence-corrected chi connectivity index (χ0v) is 29.0. The molecule has 1 saturated carbocycles. The second-order valence-electron chi connectivity index (χ2n) is 13.6. The van der Waals surface area contributed by atoms with Crippen LogP contribution < -0.4 is 14.8 Å². The quantitative estimate of drug-likeness (QED) is 0.187. The molecule has 1 aliphatic carbocycles. The molecule has 0 spiro atoms. The number of fused-ring (bicyclic) bond motifs is 2. The maximum atomic E-state index is 9.69. The molecule has 1 N–H and O–H groups in total. The summed E-state index contributed by atoms with van der Waals surface area (Å²) in [5.41, 5.74) is 2.81. The minimum absolute atomic E-state index is 0.0835. The first-order valence-corrected chi connectivity index (χ1v) is 17.7. The first kappa shape index (κ1) is 33.9. The molecule has 3 fully saturated rings. The van der Waals surface area contributed by atoms with Crippen molar-refractivity contribution in [3.05, 3.63) is 55.0 Å². The highest BCUT2D eigenvalue weighted by atomic mass is 16.5. The molecule has 14 nitrogen and oxygen atoms in total. The van der Waals surface area contributed by atoms with Gasteiger partial charge >= 0.3 is 0 Å². The molecule has 0 radical (unpaired) electrons. The van der Waals surface area contributed by atoms with Crippen molar-refractivity contribution < 1.29 is 18.9 Å². The summed E-state index contributed by atoms with van der Waals surface area (Å²) in [7, 11) is 1.71. The number of aromatic nitrogens is 7. The number of anilines is 2. The SMILES string of the molecule is COC(C)CCOc1nn([C@H]2CC[C@H](N3[C@@H]4CC[C@H]3COC4)CC2)cc1Nc1ncc(-c2ccc(C#N)c(O[C@@H](C)Cn3cncn3)c2)cn1. The van der Waals surface area contributed by atoms with E-state index in [4.69, 9.17) is 24.0 Å². The number of rotatable bonds is 14. The Balaban J connectivity index is 1.03. The molecule has 14 heteroatoms. The lowest BCUT2D eigenvalue weighted by Crippen LogP contribution is -2.52. The van der Waals surface area contributed by atoms with E-state index in [0.717, 1.165) is 62.1 Å². The molecule has 2 saturated heterocycles. The molecule has 3 aromatic heterocycles. The van der Waals surface area contributed by atoms with Gasteiger partial charge < -0.3 is 24.3 Å². The van der Waals surface area contributed by atoms with Gasteiger partial charge in [0, 0.05) is 49.6 Å². The summed E-state index contributed by atoms with van der Waals surface area (Å²) in [6, 6.07) is 9.78. The molecule has 1 unspecified atom stereocenters. The molecule has 5 heterocycles. The van der Waals surface area contributed by atoms with Gasteiger partial charge in [-0.1, -0.05) is 6.07 Å². The lowest BCUT2D eigenvalue weighted by Gasteiger charge is -2.43. The number of methoxy groups -OCH3 is 1. The van der Waals surface area contributed by atoms with Gasteiger partial charge in [-0.05, 0) is 70.1 Å². The highest BCUT2D eigenvalue weighted by molar-refractivity contribution is 5.67. The minimum atomic E-state index is -0.230. The van der Waals surface area contributed by atoms with Crippen LogP contribution >= 0.6 is 0 Å². The largest absolute Gasteiger partial charge is 0.487 e. The molecule has 7 rings (SSSR count). The molecular formula is C36H46N10O4. The van der Waals surface area contributed by atoms with Crippen molar-refractivity contribution in [2.45, 2.75) is 102 Å². The Hall–Kier alpha value is -4.58. The van der Waals surface area contributed by atoms with Crippen LogP contribution in [0.1, 0.15) is 70.4 Å². The maximum Gasteiger partial charge on any atom is 0.256 e. The molecule has 4 atom stereocenters. The van der Waals surface area contributed by atoms with Crippen molar-refractivity contribution >= 4 is 11.6 Å². The van der Waals surface area contributed by atoms with E-state index in [1.807, 2.05) is 32.2 Å². The number of nitrogens with one attached hydrogen (secondary N) is 1. The van der Waals surface area contributed by atoms with Gasteiger partial charge in [0.1, 0.15) is 36.3 Å². The Morgan fingerprint density at radius 2 is 1.72 bits per heavy atom. The van der Waals surface area contributed by atoms with Gasteiger partial charge in [-0.3, -0.25) is 9.58 Å². The molecule has 50 heavy (non-hydrogen) atoms. The lowest BCUT2D eigenvalue weighted by atomic mass is 9.89. The lowest BCUT2D eigenvalue weighted by molar-refractivity contribution is -0.0458. The first-order chi connectivity index (χ1) is 24.5. The Morgan fingerprint density at radius 1 is 0.980 bits per heavy atom. The van der Waals surface area contributed by atoms with Crippen molar-refractivity contribution in [1.29, 1.82) is 5.26 Å². The van der Waals surface area contributed by atoms with E-state index < -0.39 is 0 Å². The third-order valence-electron chi connectivity index (χ3n) is 10.2. The maximum absolute atomic E-state index is 9.69. The van der Waals surface area contributed by atoms with E-state index in [1.54, 1.807) is 36.6 Å². The number of nitrogens with zero attached hydrogens (tertiary/aromatic N) is 9. The van der Waals surface area contributed by atoms with Crippen LogP contribution in [0.4, 0.5) is 11.6 Å². The Kier molecular flexibility index (Phi) is 10.5. The molecular weight excluding hydrogens is 636 g/mol. The summed E-state index contributed by atoms with van der Waals surface area (Å²) in [4.78, 5) is 16.0. The summed E-state index contributed by atoms with van der Waals surface area (Å²) in [5, 5.41) is 22.1. The molecule has 2 bridgehead atoms. The normalized spacial score (nSPS) is 23.2. The van der Waals surface area contributed by atoms with Crippen molar-refractivity contribution in [3.63, 3.8) is 0 Å². The number of hydrogen-bond donors (Lipinski definition) is 1. The number of ether oxygens (including phenoxy) is 4. The third kappa shape index (κ3) is 7.75. The predicted octanol–water partition coefficient (Wildman–Crippen LogP) is 5.17. The highest BCUT2D eigenvalue weighted by Gasteiger charge is 2.42. The van der Waals surface area contributed by atoms with Crippen LogP contribution in [0.5, 0.6) is 11.6 Å². The number of morpholine rings is 1. The summed E-state index contributed by atoms with van der Waals surface area (Å²) in [6.45, 7) is 6.69. The zero-order valence-electron chi connectivity index (χ0n) is 29.0. The predicted molar refractivity (Wildman–Crippen MR) is 185 cm³/mol. The van der Waals surface area contributed by atoms with Crippen LogP contribution in [0.3, 0.4) is 0 Å². The van der Waals surface area contributed by atoms with Gasteiger partial charge in [-0.2, -0.15) is 10.4 Å². The van der Waals surface area contributed by atoms with Crippen molar-refractivity contribution in [1.82, 2.24) is 39.4 Å². The van der Waals surface area contributed by atoms with Crippen LogP contribution in [0.15, 0.2) is 49.4 Å². The molecule has 4 aromatic rings. The fourth-order valence-electron chi connectivity index (χ4n) is 7.47. The number of benzene rings is 1. The van der Waals surface area contributed by atoms with Gasteiger partial charge in [-0.15, -0.1) is 5.10 Å². The van der Waals surface area contributed by atoms with Gasteiger partial charge in [0.15, 0.2) is 0 Å². The van der Waals surface area contributed by atoms with Gasteiger partial charge in [-0.25, -0.2) is 19.6 Å². The van der Waals surface area contributed by atoms with Crippen LogP contribution in [0, 0.1) is 11.3 Å². The molecule has 0 amide bonds. The average Bonchev–Trinajstić information content (AvgIpc) is 3.86. The average molecular weight is 683 g/mol. The van der Waals surface area contributed by atoms with Crippen LogP contribution in [0.25, 0.3) is 11.1 Å². The van der Waals surface area contributed by atoms with Gasteiger partial charge in [0.25, 0.3) is 5.88 Å². The van der Waals surface area contributed by atoms with E-state index >= 15 is 0 Å². The Bertz CT molecular complexity index is 1720. The summed E-state index contributed by atoms with van der Waals surface area (Å²) < 4.78 is 27.4. The van der Waals surface area contributed by atoms with Crippen molar-refractivity contribution in [2.24, 2.45) is 0 Å². The van der Waals surface area contributed by atoms with Crippen LogP contribution in [0.2, 0.25) is 0 Å². The third-order valence-corrected chi connectivity index (χ3v) is 10.2. The van der Waals surface area contributed by atoms with E-state index in [0.29, 0.717) is 60.5 Å². The van der Waals surface area contributed by atoms with Gasteiger partial charge in [0.05, 0.1) is 50.3 Å². The summed E-state index contributed by atoms with van der Waals surface area (Å²) in [5.74, 6) is 1.45. The van der Waals surface area contributed by atoms with E-state index in [-0.39, 0.29) is 12.2 Å². The second kappa shape index (κ2) is 15.5. The highest BCUT2D eigenvalue weighted by Crippen LogP contribution is 2.39. The van der Waals surface area contributed by atoms with E-state index in [9.17, 15) is 5.26 Å². The van der Waals surface area contributed by atoms with Crippen molar-refractivity contribution in [3.8, 4) is 28.8 Å². The van der Waals surface area contributed by atoms with Crippen LogP contribution in [-0.2, 0) is 16.0 Å². The topological polar surface area (TPSA) is 150 Å². The smallest absolute Gasteiger partial charge is 0.256 e. The molecule has 2 aliphatic heterocycles. The van der Waals surface area contributed by atoms with E-state index in [1.165, 1.54) is 19.2 Å². The fourth-order valence-corrected chi connectivity index (χ4v) is 7.47. The molecule has 1 aromatic carbocycles. The Morgan fingerprint density at radius 3 is 2.42 bits per heavy atom. The second-order valence-corrected chi connectivity index (χ2v) is 13.6. The van der Waals surface area contributed by atoms with Crippen LogP contribution in [-0.4, -0.2) is 96.7 Å². The number of nitriles is 1. The molecule has 3 aliphatic rings. The molecule has 264 valence electrons.